The Morgan fingerprint density at radius 1 is 1.10 bits per heavy atom. The third-order valence-electron chi connectivity index (χ3n) is 3.17. The Balaban J connectivity index is 2.56. The number of hydrogen-bond donors (Lipinski definition) is 2. The first kappa shape index (κ1) is 17.5. The molecule has 0 saturated heterocycles. The van der Waals surface area contributed by atoms with Crippen molar-refractivity contribution in [2.24, 2.45) is 11.3 Å². The molecule has 0 aliphatic rings. The molecule has 116 valence electrons. The van der Waals surface area contributed by atoms with Crippen molar-refractivity contribution in [3.8, 4) is 0 Å². The van der Waals surface area contributed by atoms with Crippen molar-refractivity contribution in [2.45, 2.75) is 34.2 Å². The van der Waals surface area contributed by atoms with Crippen LogP contribution in [0.5, 0.6) is 0 Å². The van der Waals surface area contributed by atoms with Gasteiger partial charge in [-0.25, -0.2) is 0 Å². The lowest BCUT2D eigenvalue weighted by atomic mass is 9.90. The van der Waals surface area contributed by atoms with Crippen molar-refractivity contribution >= 4 is 23.4 Å². The quantitative estimate of drug-likeness (QED) is 0.794. The highest BCUT2D eigenvalue weighted by Gasteiger charge is 2.35. The molecule has 5 heteroatoms. The van der Waals surface area contributed by atoms with Crippen LogP contribution in [0.25, 0.3) is 0 Å². The molecule has 0 saturated carbocycles. The van der Waals surface area contributed by atoms with Gasteiger partial charge in [-0.2, -0.15) is 0 Å². The summed E-state index contributed by atoms with van der Waals surface area (Å²) in [7, 11) is 0. The average molecular weight is 311 g/mol. The Labute approximate surface area is 131 Å². The Kier molecular flexibility index (Phi) is 6.21. The average Bonchev–Trinajstić information content (AvgIpc) is 2.43. The Morgan fingerprint density at radius 3 is 2.14 bits per heavy atom. The summed E-state index contributed by atoms with van der Waals surface area (Å²) in [6.45, 7) is 8.20. The molecule has 1 aromatic carbocycles. The van der Waals surface area contributed by atoms with Gasteiger partial charge < -0.3 is 10.6 Å². The molecule has 4 nitrogen and oxygen atoms in total. The molecule has 0 spiro atoms. The van der Waals surface area contributed by atoms with Crippen molar-refractivity contribution in [3.63, 3.8) is 0 Å². The number of hydrogen-bond acceptors (Lipinski definition) is 2. The third-order valence-corrected chi connectivity index (χ3v) is 3.42. The maximum atomic E-state index is 12.2. The highest BCUT2D eigenvalue weighted by Crippen LogP contribution is 2.16. The summed E-state index contributed by atoms with van der Waals surface area (Å²) in [6, 6.07) is 7.22. The third kappa shape index (κ3) is 5.38. The molecule has 0 radical (unpaired) electrons. The summed E-state index contributed by atoms with van der Waals surface area (Å²) < 4.78 is 0. The second-order valence-electron chi connectivity index (χ2n) is 6.04. The number of nitrogens with one attached hydrogen (secondary N) is 2. The van der Waals surface area contributed by atoms with Gasteiger partial charge in [0.05, 0.1) is 0 Å². The van der Waals surface area contributed by atoms with Gasteiger partial charge in [0.15, 0.2) is 0 Å². The van der Waals surface area contributed by atoms with Gasteiger partial charge in [-0.3, -0.25) is 9.59 Å². The maximum absolute atomic E-state index is 12.2. The van der Waals surface area contributed by atoms with Crippen LogP contribution in [0.2, 0.25) is 5.02 Å². The molecule has 0 fully saturated rings. The number of carbonyl (C=O) groups excluding carboxylic acids is 2. The van der Waals surface area contributed by atoms with Gasteiger partial charge in [0.25, 0.3) is 0 Å². The van der Waals surface area contributed by atoms with E-state index in [9.17, 15) is 9.59 Å². The molecule has 0 aromatic heterocycles. The first-order valence-corrected chi connectivity index (χ1v) is 7.42. The standard InChI is InChI=1S/C16H23ClN2O2/c1-11(2)9-18-14(20)16(3,4)15(21)19-10-12-5-7-13(17)8-6-12/h5-8,11H,9-10H2,1-4H3,(H,18,20)(H,19,21). The summed E-state index contributed by atoms with van der Waals surface area (Å²) in [6.07, 6.45) is 0. The number of amides is 2. The Bertz CT molecular complexity index is 496. The Hall–Kier alpha value is -1.55. The summed E-state index contributed by atoms with van der Waals surface area (Å²) in [5.74, 6) is -0.203. The lowest BCUT2D eigenvalue weighted by Gasteiger charge is -2.23. The van der Waals surface area contributed by atoms with Crippen molar-refractivity contribution in [1.29, 1.82) is 0 Å². The topological polar surface area (TPSA) is 58.2 Å². The molecule has 0 atom stereocenters. The highest BCUT2D eigenvalue weighted by atomic mass is 35.5. The van der Waals surface area contributed by atoms with Crippen LogP contribution in [0.15, 0.2) is 24.3 Å². The van der Waals surface area contributed by atoms with E-state index < -0.39 is 5.41 Å². The van der Waals surface area contributed by atoms with E-state index in [1.165, 1.54) is 0 Å². The first-order valence-electron chi connectivity index (χ1n) is 7.04. The molecule has 2 amide bonds. The van der Waals surface area contributed by atoms with Gasteiger partial charge >= 0.3 is 0 Å². The summed E-state index contributed by atoms with van der Waals surface area (Å²) in [4.78, 5) is 24.3. The van der Waals surface area contributed by atoms with Crippen LogP contribution in [0.3, 0.4) is 0 Å². The molecule has 1 rings (SSSR count). The predicted molar refractivity (Wildman–Crippen MR) is 84.9 cm³/mol. The zero-order valence-electron chi connectivity index (χ0n) is 13.0. The molecule has 0 aliphatic heterocycles. The predicted octanol–water partition coefficient (Wildman–Crippen LogP) is 2.75. The van der Waals surface area contributed by atoms with Crippen LogP contribution < -0.4 is 10.6 Å². The van der Waals surface area contributed by atoms with Crippen LogP contribution in [-0.2, 0) is 16.1 Å². The first-order chi connectivity index (χ1) is 9.73. The van der Waals surface area contributed by atoms with Crippen molar-refractivity contribution in [1.82, 2.24) is 10.6 Å². The summed E-state index contributed by atoms with van der Waals surface area (Å²) >= 11 is 5.81. The number of benzene rings is 1. The zero-order valence-corrected chi connectivity index (χ0v) is 13.8. The number of rotatable bonds is 6. The monoisotopic (exact) mass is 310 g/mol. The lowest BCUT2D eigenvalue weighted by molar-refractivity contribution is -0.141. The van der Waals surface area contributed by atoms with E-state index >= 15 is 0 Å². The number of halogens is 1. The van der Waals surface area contributed by atoms with Gasteiger partial charge in [0.1, 0.15) is 5.41 Å². The normalized spacial score (nSPS) is 11.3. The molecule has 21 heavy (non-hydrogen) atoms. The van der Waals surface area contributed by atoms with Crippen molar-refractivity contribution in [2.75, 3.05) is 6.54 Å². The van der Waals surface area contributed by atoms with Gasteiger partial charge in [-0.05, 0) is 37.5 Å². The molecular weight excluding hydrogens is 288 g/mol. The van der Waals surface area contributed by atoms with Crippen LogP contribution in [-0.4, -0.2) is 18.4 Å². The van der Waals surface area contributed by atoms with Gasteiger partial charge in [0, 0.05) is 18.1 Å². The van der Waals surface area contributed by atoms with E-state index in [1.54, 1.807) is 26.0 Å². The minimum Gasteiger partial charge on any atom is -0.355 e. The van der Waals surface area contributed by atoms with Crippen LogP contribution in [0.4, 0.5) is 0 Å². The minimum absolute atomic E-state index is 0.259. The zero-order chi connectivity index (χ0) is 16.0. The van der Waals surface area contributed by atoms with E-state index in [1.807, 2.05) is 26.0 Å². The second kappa shape index (κ2) is 7.46. The maximum Gasteiger partial charge on any atom is 0.235 e. The molecule has 0 bridgehead atoms. The van der Waals surface area contributed by atoms with Crippen LogP contribution >= 0.6 is 11.6 Å². The largest absolute Gasteiger partial charge is 0.355 e. The van der Waals surface area contributed by atoms with E-state index in [-0.39, 0.29) is 11.8 Å². The van der Waals surface area contributed by atoms with Crippen molar-refractivity contribution < 1.29 is 9.59 Å². The molecule has 2 N–H and O–H groups in total. The minimum atomic E-state index is -1.10. The molecule has 0 heterocycles. The second-order valence-corrected chi connectivity index (χ2v) is 6.47. The fourth-order valence-electron chi connectivity index (χ4n) is 1.63. The Morgan fingerprint density at radius 2 is 1.62 bits per heavy atom. The van der Waals surface area contributed by atoms with Crippen LogP contribution in [0, 0.1) is 11.3 Å². The van der Waals surface area contributed by atoms with E-state index in [4.69, 9.17) is 11.6 Å². The lowest BCUT2D eigenvalue weighted by Crippen LogP contribution is -2.48. The SMILES string of the molecule is CC(C)CNC(=O)C(C)(C)C(=O)NCc1ccc(Cl)cc1. The molecular formula is C16H23ClN2O2. The van der Waals surface area contributed by atoms with E-state index in [2.05, 4.69) is 10.6 Å². The number of carbonyl (C=O) groups is 2. The van der Waals surface area contributed by atoms with Crippen molar-refractivity contribution in [3.05, 3.63) is 34.9 Å². The highest BCUT2D eigenvalue weighted by molar-refractivity contribution is 6.30. The summed E-state index contributed by atoms with van der Waals surface area (Å²) in [5, 5.41) is 6.23. The van der Waals surface area contributed by atoms with Gasteiger partial charge in [0.2, 0.25) is 11.8 Å². The van der Waals surface area contributed by atoms with Gasteiger partial charge in [-0.15, -0.1) is 0 Å². The smallest absolute Gasteiger partial charge is 0.235 e. The van der Waals surface area contributed by atoms with E-state index in [0.29, 0.717) is 24.0 Å². The fraction of sp³-hybridized carbons (Fsp3) is 0.500. The molecule has 1 aromatic rings. The summed E-state index contributed by atoms with van der Waals surface area (Å²) in [5.41, 5.74) is -0.160. The molecule has 0 unspecified atom stereocenters. The van der Waals surface area contributed by atoms with E-state index in [0.717, 1.165) is 5.56 Å². The van der Waals surface area contributed by atoms with Crippen LogP contribution in [0.1, 0.15) is 33.3 Å². The van der Waals surface area contributed by atoms with Gasteiger partial charge in [-0.1, -0.05) is 37.6 Å². The molecule has 0 aliphatic carbocycles. The fourth-order valence-corrected chi connectivity index (χ4v) is 1.75.